The van der Waals surface area contributed by atoms with Crippen molar-refractivity contribution < 1.29 is 0 Å². The molecular formula is C15H15N3O2. The first-order valence-electron chi connectivity index (χ1n) is 6.45. The normalized spacial score (nSPS) is 10.2. The van der Waals surface area contributed by atoms with Crippen molar-refractivity contribution in [2.75, 3.05) is 0 Å². The number of aromatic nitrogens is 2. The zero-order valence-electron chi connectivity index (χ0n) is 11.2. The first kappa shape index (κ1) is 13.8. The van der Waals surface area contributed by atoms with Crippen LogP contribution in [0.3, 0.4) is 0 Å². The third-order valence-corrected chi connectivity index (χ3v) is 3.17. The molecule has 0 amide bonds. The average molecular weight is 269 g/mol. The molecule has 0 aliphatic rings. The lowest BCUT2D eigenvalue weighted by molar-refractivity contribution is 0.563. The number of hydrogen-bond acceptors (Lipinski definition) is 3. The highest BCUT2D eigenvalue weighted by molar-refractivity contribution is 5.22. The summed E-state index contributed by atoms with van der Waals surface area (Å²) in [7, 11) is 0. The van der Waals surface area contributed by atoms with Gasteiger partial charge in [0, 0.05) is 19.3 Å². The minimum Gasteiger partial charge on any atom is -0.299 e. The maximum atomic E-state index is 12.1. The van der Waals surface area contributed by atoms with Gasteiger partial charge in [-0.25, -0.2) is 4.79 Å². The number of rotatable bonds is 4. The molecule has 0 radical (unpaired) electrons. The molecule has 0 N–H and O–H groups in total. The Labute approximate surface area is 116 Å². The van der Waals surface area contributed by atoms with E-state index in [-0.39, 0.29) is 17.8 Å². The van der Waals surface area contributed by atoms with Crippen molar-refractivity contribution in [1.82, 2.24) is 9.13 Å². The van der Waals surface area contributed by atoms with Crippen LogP contribution in [0, 0.1) is 11.3 Å². The molecule has 5 nitrogen and oxygen atoms in total. The van der Waals surface area contributed by atoms with Crippen LogP contribution in [0.5, 0.6) is 0 Å². The second kappa shape index (κ2) is 6.02. The van der Waals surface area contributed by atoms with Crippen molar-refractivity contribution in [3.05, 3.63) is 68.5 Å². The van der Waals surface area contributed by atoms with Gasteiger partial charge in [-0.2, -0.15) is 5.26 Å². The smallest absolute Gasteiger partial charge is 0.299 e. The second-order valence-corrected chi connectivity index (χ2v) is 4.42. The van der Waals surface area contributed by atoms with E-state index in [1.54, 1.807) is 6.92 Å². The Morgan fingerprint density at radius 2 is 1.90 bits per heavy atom. The summed E-state index contributed by atoms with van der Waals surface area (Å²) in [5, 5.41) is 8.96. The fourth-order valence-corrected chi connectivity index (χ4v) is 2.04. The van der Waals surface area contributed by atoms with E-state index < -0.39 is 5.56 Å². The van der Waals surface area contributed by atoms with Gasteiger partial charge in [-0.15, -0.1) is 0 Å². The maximum Gasteiger partial charge on any atom is 0.331 e. The van der Waals surface area contributed by atoms with Gasteiger partial charge in [0.1, 0.15) is 11.6 Å². The van der Waals surface area contributed by atoms with Gasteiger partial charge in [0.25, 0.3) is 5.56 Å². The van der Waals surface area contributed by atoms with Crippen molar-refractivity contribution >= 4 is 0 Å². The van der Waals surface area contributed by atoms with Gasteiger partial charge in [0.05, 0.1) is 0 Å². The molecule has 1 aromatic heterocycles. The van der Waals surface area contributed by atoms with Crippen LogP contribution in [0.4, 0.5) is 0 Å². The van der Waals surface area contributed by atoms with Gasteiger partial charge in [-0.3, -0.25) is 13.9 Å². The predicted octanol–water partition coefficient (Wildman–Crippen LogP) is 1.14. The lowest BCUT2D eigenvalue weighted by Crippen LogP contribution is -2.41. The molecule has 0 spiro atoms. The molecular weight excluding hydrogens is 254 g/mol. The summed E-state index contributed by atoms with van der Waals surface area (Å²) in [6.07, 6.45) is 1.90. The number of hydrogen-bond donors (Lipinski definition) is 0. The van der Waals surface area contributed by atoms with Crippen molar-refractivity contribution in [2.45, 2.75) is 26.4 Å². The number of nitrogens with zero attached hydrogens (tertiary/aromatic N) is 3. The van der Waals surface area contributed by atoms with Crippen LogP contribution in [-0.4, -0.2) is 9.13 Å². The standard InChI is InChI=1S/C15H15N3O2/c1-2-17-11-13(10-16)14(19)18(15(17)20)9-8-12-6-4-3-5-7-12/h3-7,11H,2,8-9H2,1H3. The van der Waals surface area contributed by atoms with Crippen LogP contribution < -0.4 is 11.2 Å². The fourth-order valence-electron chi connectivity index (χ4n) is 2.04. The summed E-state index contributed by atoms with van der Waals surface area (Å²) in [6.45, 7) is 2.50. The molecule has 1 heterocycles. The average Bonchev–Trinajstić information content (AvgIpc) is 2.48. The molecule has 0 unspecified atom stereocenters. The Hall–Kier alpha value is -2.61. The second-order valence-electron chi connectivity index (χ2n) is 4.42. The van der Waals surface area contributed by atoms with E-state index in [1.807, 2.05) is 36.4 Å². The lowest BCUT2D eigenvalue weighted by atomic mass is 10.1. The molecule has 0 atom stereocenters. The topological polar surface area (TPSA) is 67.8 Å². The third kappa shape index (κ3) is 2.69. The van der Waals surface area contributed by atoms with Crippen LogP contribution >= 0.6 is 0 Å². The van der Waals surface area contributed by atoms with E-state index in [9.17, 15) is 9.59 Å². The monoisotopic (exact) mass is 269 g/mol. The van der Waals surface area contributed by atoms with E-state index in [2.05, 4.69) is 0 Å². The van der Waals surface area contributed by atoms with Crippen LogP contribution in [0.1, 0.15) is 18.1 Å². The molecule has 0 aliphatic heterocycles. The molecule has 0 bridgehead atoms. The van der Waals surface area contributed by atoms with Gasteiger partial charge < -0.3 is 0 Å². The van der Waals surface area contributed by atoms with Crippen molar-refractivity contribution in [2.24, 2.45) is 0 Å². The lowest BCUT2D eigenvalue weighted by Gasteiger charge is -2.09. The van der Waals surface area contributed by atoms with Gasteiger partial charge >= 0.3 is 5.69 Å². The Morgan fingerprint density at radius 1 is 1.20 bits per heavy atom. The zero-order chi connectivity index (χ0) is 14.5. The molecule has 0 aliphatic carbocycles. The van der Waals surface area contributed by atoms with Crippen LogP contribution in [-0.2, 0) is 19.5 Å². The Balaban J connectivity index is 2.39. The summed E-state index contributed by atoms with van der Waals surface area (Å²) < 4.78 is 2.51. The van der Waals surface area contributed by atoms with Crippen LogP contribution in [0.2, 0.25) is 0 Å². The van der Waals surface area contributed by atoms with E-state index in [1.165, 1.54) is 10.8 Å². The Kier molecular flexibility index (Phi) is 4.16. The maximum absolute atomic E-state index is 12.1. The summed E-state index contributed by atoms with van der Waals surface area (Å²) in [6, 6.07) is 11.5. The van der Waals surface area contributed by atoms with Crippen LogP contribution in [0.25, 0.3) is 0 Å². The van der Waals surface area contributed by atoms with E-state index in [4.69, 9.17) is 5.26 Å². The van der Waals surface area contributed by atoms with Gasteiger partial charge in [-0.05, 0) is 18.9 Å². The van der Waals surface area contributed by atoms with Gasteiger partial charge in [-0.1, -0.05) is 30.3 Å². The molecule has 1 aromatic carbocycles. The van der Waals surface area contributed by atoms with Gasteiger partial charge in [0.2, 0.25) is 0 Å². The van der Waals surface area contributed by atoms with Crippen molar-refractivity contribution in [3.8, 4) is 6.07 Å². The summed E-state index contributed by atoms with van der Waals surface area (Å²) in [5.74, 6) is 0. The first-order valence-corrected chi connectivity index (χ1v) is 6.45. The molecule has 20 heavy (non-hydrogen) atoms. The first-order chi connectivity index (χ1) is 9.67. The summed E-state index contributed by atoms with van der Waals surface area (Å²) in [4.78, 5) is 24.2. The highest BCUT2D eigenvalue weighted by atomic mass is 16.2. The molecule has 2 aromatic rings. The Morgan fingerprint density at radius 3 is 2.50 bits per heavy atom. The zero-order valence-corrected chi connectivity index (χ0v) is 11.2. The SMILES string of the molecule is CCn1cc(C#N)c(=O)n(CCc2ccccc2)c1=O. The fraction of sp³-hybridized carbons (Fsp3) is 0.267. The largest absolute Gasteiger partial charge is 0.331 e. The minimum absolute atomic E-state index is 0.000452. The highest BCUT2D eigenvalue weighted by Gasteiger charge is 2.10. The molecule has 0 saturated heterocycles. The molecule has 2 rings (SSSR count). The number of benzene rings is 1. The number of aryl methyl sites for hydroxylation is 2. The molecule has 0 saturated carbocycles. The summed E-state index contributed by atoms with van der Waals surface area (Å²) in [5.41, 5.74) is 0.161. The predicted molar refractivity (Wildman–Crippen MR) is 75.5 cm³/mol. The summed E-state index contributed by atoms with van der Waals surface area (Å²) >= 11 is 0. The molecule has 5 heteroatoms. The van der Waals surface area contributed by atoms with Crippen molar-refractivity contribution in [1.29, 1.82) is 5.26 Å². The minimum atomic E-state index is -0.516. The van der Waals surface area contributed by atoms with E-state index in [0.29, 0.717) is 13.0 Å². The van der Waals surface area contributed by atoms with E-state index >= 15 is 0 Å². The third-order valence-electron chi connectivity index (χ3n) is 3.17. The molecule has 102 valence electrons. The quantitative estimate of drug-likeness (QED) is 0.836. The Bertz CT molecular complexity index is 751. The molecule has 0 fully saturated rings. The highest BCUT2D eigenvalue weighted by Crippen LogP contribution is 2.00. The van der Waals surface area contributed by atoms with Crippen LogP contribution in [0.15, 0.2) is 46.1 Å². The number of nitriles is 1. The van der Waals surface area contributed by atoms with E-state index in [0.717, 1.165) is 10.1 Å². The van der Waals surface area contributed by atoms with Gasteiger partial charge in [0.15, 0.2) is 0 Å². The van der Waals surface area contributed by atoms with Crippen molar-refractivity contribution in [3.63, 3.8) is 0 Å².